The third kappa shape index (κ3) is 6.15. The minimum absolute atomic E-state index is 0.0336. The van der Waals surface area contributed by atoms with Gasteiger partial charge in [0, 0.05) is 18.7 Å². The van der Waals surface area contributed by atoms with Crippen LogP contribution in [0.2, 0.25) is 0 Å². The van der Waals surface area contributed by atoms with E-state index in [1.807, 2.05) is 43.3 Å². The predicted molar refractivity (Wildman–Crippen MR) is 114 cm³/mol. The molecule has 0 aliphatic heterocycles. The van der Waals surface area contributed by atoms with E-state index in [1.165, 1.54) is 18.2 Å². The van der Waals surface area contributed by atoms with Gasteiger partial charge in [0.25, 0.3) is 5.91 Å². The average molecular weight is 418 g/mol. The maximum atomic E-state index is 12.6. The molecule has 0 aliphatic carbocycles. The first-order valence-corrected chi connectivity index (χ1v) is 10.6. The molecule has 0 aliphatic rings. The summed E-state index contributed by atoms with van der Waals surface area (Å²) in [6.07, 6.45) is 1.45. The molecular weight excluding hydrogens is 390 g/mol. The van der Waals surface area contributed by atoms with Crippen LogP contribution in [0.3, 0.4) is 0 Å². The number of amides is 1. The van der Waals surface area contributed by atoms with Crippen molar-refractivity contribution in [1.29, 1.82) is 0 Å². The van der Waals surface area contributed by atoms with Gasteiger partial charge in [0.05, 0.1) is 18.0 Å². The molecule has 0 aromatic heterocycles. The predicted octanol–water partition coefficient (Wildman–Crippen LogP) is 2.19. The average Bonchev–Trinajstić information content (AvgIpc) is 2.72. The van der Waals surface area contributed by atoms with Crippen LogP contribution in [0, 0.1) is 0 Å². The molecular formula is C21H27N3O4S. The molecule has 0 fully saturated rings. The van der Waals surface area contributed by atoms with Crippen LogP contribution in [0.1, 0.15) is 22.0 Å². The third-order valence-electron chi connectivity index (χ3n) is 4.40. The van der Waals surface area contributed by atoms with Gasteiger partial charge < -0.3 is 15.0 Å². The van der Waals surface area contributed by atoms with Gasteiger partial charge in [0.2, 0.25) is 10.0 Å². The summed E-state index contributed by atoms with van der Waals surface area (Å²) < 4.78 is 32.1. The number of sulfonamides is 1. The molecule has 0 saturated heterocycles. The van der Waals surface area contributed by atoms with Gasteiger partial charge in [-0.15, -0.1) is 6.58 Å². The number of methoxy groups -OCH3 is 1. The lowest BCUT2D eigenvalue weighted by atomic mass is 10.1. The fourth-order valence-corrected chi connectivity index (χ4v) is 3.82. The van der Waals surface area contributed by atoms with Crippen molar-refractivity contribution in [3.8, 4) is 5.75 Å². The highest BCUT2D eigenvalue weighted by Gasteiger charge is 2.18. The Labute approximate surface area is 172 Å². The first-order valence-electron chi connectivity index (χ1n) is 9.07. The summed E-state index contributed by atoms with van der Waals surface area (Å²) in [6.45, 7) is 3.97. The molecule has 7 nitrogen and oxygen atoms in total. The Bertz CT molecular complexity index is 941. The molecule has 29 heavy (non-hydrogen) atoms. The Hall–Kier alpha value is -2.68. The Morgan fingerprint density at radius 3 is 2.48 bits per heavy atom. The van der Waals surface area contributed by atoms with E-state index in [0.717, 1.165) is 11.3 Å². The number of carbonyl (C=O) groups excluding carboxylic acids is 1. The van der Waals surface area contributed by atoms with Crippen molar-refractivity contribution in [3.05, 3.63) is 72.3 Å². The topological polar surface area (TPSA) is 87.7 Å². The molecule has 2 rings (SSSR count). The molecule has 0 bridgehead atoms. The highest BCUT2D eigenvalue weighted by molar-refractivity contribution is 7.89. The SMILES string of the molecule is C=CCNS(=O)(=O)c1cccc(C(=O)NCC(c2ccc(OC)cc2)N(C)C)c1. The van der Waals surface area contributed by atoms with Crippen molar-refractivity contribution in [3.63, 3.8) is 0 Å². The second-order valence-corrected chi connectivity index (χ2v) is 8.40. The minimum atomic E-state index is -3.69. The van der Waals surface area contributed by atoms with E-state index in [9.17, 15) is 13.2 Å². The summed E-state index contributed by atoms with van der Waals surface area (Å²) >= 11 is 0. The van der Waals surface area contributed by atoms with Crippen LogP contribution in [0.4, 0.5) is 0 Å². The highest BCUT2D eigenvalue weighted by Crippen LogP contribution is 2.21. The number of hydrogen-bond donors (Lipinski definition) is 2. The van der Waals surface area contributed by atoms with E-state index in [-0.39, 0.29) is 29.0 Å². The first-order chi connectivity index (χ1) is 13.8. The number of carbonyl (C=O) groups is 1. The number of hydrogen-bond acceptors (Lipinski definition) is 5. The second-order valence-electron chi connectivity index (χ2n) is 6.63. The van der Waals surface area contributed by atoms with Crippen LogP contribution in [0.25, 0.3) is 0 Å². The molecule has 1 amide bonds. The van der Waals surface area contributed by atoms with Crippen LogP contribution >= 0.6 is 0 Å². The molecule has 2 N–H and O–H groups in total. The number of rotatable bonds is 10. The molecule has 0 spiro atoms. The standard InChI is InChI=1S/C21H27N3O4S/c1-5-13-23-29(26,27)19-8-6-7-17(14-19)21(25)22-15-20(24(2)3)16-9-11-18(28-4)12-10-16/h5-12,14,20,23H,1,13,15H2,2-4H3,(H,22,25). The van der Waals surface area contributed by atoms with Gasteiger partial charge in [-0.2, -0.15) is 0 Å². The molecule has 1 unspecified atom stereocenters. The summed E-state index contributed by atoms with van der Waals surface area (Å²) in [7, 11) is 1.78. The van der Waals surface area contributed by atoms with Gasteiger partial charge in [-0.1, -0.05) is 24.3 Å². The van der Waals surface area contributed by atoms with Gasteiger partial charge in [-0.3, -0.25) is 4.79 Å². The largest absolute Gasteiger partial charge is 0.497 e. The lowest BCUT2D eigenvalue weighted by molar-refractivity contribution is 0.0941. The molecule has 0 saturated carbocycles. The normalized spacial score (nSPS) is 12.4. The summed E-state index contributed by atoms with van der Waals surface area (Å²) in [6, 6.07) is 13.5. The lowest BCUT2D eigenvalue weighted by Crippen LogP contribution is -2.34. The van der Waals surface area contributed by atoms with Crippen LogP contribution in [-0.4, -0.2) is 53.5 Å². The molecule has 0 heterocycles. The number of nitrogens with zero attached hydrogens (tertiary/aromatic N) is 1. The van der Waals surface area contributed by atoms with E-state index in [2.05, 4.69) is 16.6 Å². The summed E-state index contributed by atoms with van der Waals surface area (Å²) in [5.74, 6) is 0.421. The Balaban J connectivity index is 2.12. The van der Waals surface area contributed by atoms with Crippen LogP contribution < -0.4 is 14.8 Å². The van der Waals surface area contributed by atoms with Crippen molar-refractivity contribution in [2.75, 3.05) is 34.3 Å². The molecule has 2 aromatic rings. The second kappa shape index (κ2) is 10.2. The Kier molecular flexibility index (Phi) is 7.95. The highest BCUT2D eigenvalue weighted by atomic mass is 32.2. The maximum absolute atomic E-state index is 12.6. The van der Waals surface area contributed by atoms with Gasteiger partial charge in [-0.05, 0) is 50.0 Å². The first kappa shape index (κ1) is 22.6. The molecule has 8 heteroatoms. The zero-order valence-electron chi connectivity index (χ0n) is 16.9. The molecule has 1 atom stereocenters. The summed E-state index contributed by atoms with van der Waals surface area (Å²) in [5.41, 5.74) is 1.31. The van der Waals surface area contributed by atoms with Gasteiger partial charge in [-0.25, -0.2) is 13.1 Å². The Morgan fingerprint density at radius 1 is 1.21 bits per heavy atom. The number of benzene rings is 2. The molecule has 156 valence electrons. The fraction of sp³-hybridized carbons (Fsp3) is 0.286. The smallest absolute Gasteiger partial charge is 0.251 e. The van der Waals surface area contributed by atoms with Crippen molar-refractivity contribution < 1.29 is 17.9 Å². The molecule has 0 radical (unpaired) electrons. The van der Waals surface area contributed by atoms with Gasteiger partial charge >= 0.3 is 0 Å². The zero-order valence-corrected chi connectivity index (χ0v) is 17.7. The quantitative estimate of drug-likeness (QED) is 0.579. The van der Waals surface area contributed by atoms with Crippen LogP contribution in [0.15, 0.2) is 66.1 Å². The zero-order chi connectivity index (χ0) is 21.4. The van der Waals surface area contributed by atoms with Crippen molar-refractivity contribution >= 4 is 15.9 Å². The van der Waals surface area contributed by atoms with Gasteiger partial charge in [0.1, 0.15) is 5.75 Å². The van der Waals surface area contributed by atoms with E-state index >= 15 is 0 Å². The van der Waals surface area contributed by atoms with Crippen molar-refractivity contribution in [1.82, 2.24) is 14.9 Å². The lowest BCUT2D eigenvalue weighted by Gasteiger charge is -2.25. The summed E-state index contributed by atoms with van der Waals surface area (Å²) in [4.78, 5) is 14.7. The minimum Gasteiger partial charge on any atom is -0.497 e. The van der Waals surface area contributed by atoms with E-state index in [0.29, 0.717) is 6.54 Å². The number of nitrogens with one attached hydrogen (secondary N) is 2. The van der Waals surface area contributed by atoms with E-state index in [4.69, 9.17) is 4.74 Å². The Morgan fingerprint density at radius 2 is 1.90 bits per heavy atom. The summed E-state index contributed by atoms with van der Waals surface area (Å²) in [5, 5.41) is 2.89. The molecule has 2 aromatic carbocycles. The third-order valence-corrected chi connectivity index (χ3v) is 5.83. The maximum Gasteiger partial charge on any atom is 0.251 e. The van der Waals surface area contributed by atoms with Crippen molar-refractivity contribution in [2.45, 2.75) is 10.9 Å². The van der Waals surface area contributed by atoms with Crippen LogP contribution in [0.5, 0.6) is 5.75 Å². The van der Waals surface area contributed by atoms with Gasteiger partial charge in [0.15, 0.2) is 0 Å². The fourth-order valence-electron chi connectivity index (χ4n) is 2.77. The number of likely N-dealkylation sites (N-methyl/N-ethyl adjacent to an activating group) is 1. The van der Waals surface area contributed by atoms with E-state index in [1.54, 1.807) is 19.2 Å². The van der Waals surface area contributed by atoms with E-state index < -0.39 is 10.0 Å². The van der Waals surface area contributed by atoms with Crippen LogP contribution in [-0.2, 0) is 10.0 Å². The monoisotopic (exact) mass is 417 g/mol. The number of ether oxygens (including phenoxy) is 1. The van der Waals surface area contributed by atoms with Crippen molar-refractivity contribution in [2.24, 2.45) is 0 Å².